The molecule has 5 aliphatic rings. The monoisotopic (exact) mass is 372 g/mol. The molecule has 0 aromatic carbocycles. The zero-order valence-electron chi connectivity index (χ0n) is 17.0. The fourth-order valence-electron chi connectivity index (χ4n) is 8.01. The van der Waals surface area contributed by atoms with Crippen molar-refractivity contribution in [2.24, 2.45) is 34.5 Å². The van der Waals surface area contributed by atoms with Crippen molar-refractivity contribution in [3.8, 4) is 0 Å². The van der Waals surface area contributed by atoms with Gasteiger partial charge in [-0.05, 0) is 62.2 Å². The minimum atomic E-state index is -0.207. The molecule has 0 N–H and O–H groups in total. The number of Topliss-reactive ketones (excluding diaryl/α,β-unsaturated/α-hetero) is 1. The van der Waals surface area contributed by atoms with E-state index in [0.717, 1.165) is 25.7 Å². The van der Waals surface area contributed by atoms with Crippen LogP contribution in [0.25, 0.3) is 0 Å². The molecule has 1 heterocycles. The molecule has 27 heavy (non-hydrogen) atoms. The van der Waals surface area contributed by atoms with Crippen molar-refractivity contribution >= 4 is 11.8 Å². The summed E-state index contributed by atoms with van der Waals surface area (Å²) in [4.78, 5) is 23.7. The van der Waals surface area contributed by atoms with Crippen molar-refractivity contribution in [2.45, 2.75) is 84.5 Å². The van der Waals surface area contributed by atoms with Gasteiger partial charge in [0.2, 0.25) is 0 Å². The maximum absolute atomic E-state index is 12.3. The first-order chi connectivity index (χ1) is 12.8. The van der Waals surface area contributed by atoms with E-state index in [0.29, 0.717) is 23.5 Å². The van der Waals surface area contributed by atoms with E-state index in [2.05, 4.69) is 19.9 Å². The van der Waals surface area contributed by atoms with E-state index in [9.17, 15) is 9.59 Å². The van der Waals surface area contributed by atoms with Gasteiger partial charge in [0, 0.05) is 24.7 Å². The lowest BCUT2D eigenvalue weighted by molar-refractivity contribution is -0.148. The number of epoxide rings is 1. The van der Waals surface area contributed by atoms with Crippen LogP contribution in [0.1, 0.15) is 66.2 Å². The summed E-state index contributed by atoms with van der Waals surface area (Å²) in [6, 6.07) is 0. The maximum Gasteiger partial charge on any atom is 0.303 e. The lowest BCUT2D eigenvalue weighted by Crippen LogP contribution is -2.53. The van der Waals surface area contributed by atoms with Crippen molar-refractivity contribution in [3.63, 3.8) is 0 Å². The first-order valence-corrected chi connectivity index (χ1v) is 10.8. The molecule has 0 bridgehead atoms. The van der Waals surface area contributed by atoms with Gasteiger partial charge in [-0.2, -0.15) is 0 Å². The smallest absolute Gasteiger partial charge is 0.303 e. The van der Waals surface area contributed by atoms with Crippen LogP contribution in [0.15, 0.2) is 11.6 Å². The van der Waals surface area contributed by atoms with Gasteiger partial charge in [-0.3, -0.25) is 9.59 Å². The molecule has 148 valence electrons. The van der Waals surface area contributed by atoms with Gasteiger partial charge in [0.05, 0.1) is 6.10 Å². The Morgan fingerprint density at radius 3 is 2.63 bits per heavy atom. The minimum Gasteiger partial charge on any atom is -0.459 e. The van der Waals surface area contributed by atoms with E-state index in [-0.39, 0.29) is 41.0 Å². The second-order valence-corrected chi connectivity index (χ2v) is 10.3. The third kappa shape index (κ3) is 2.31. The predicted molar refractivity (Wildman–Crippen MR) is 101 cm³/mol. The summed E-state index contributed by atoms with van der Waals surface area (Å²) in [6.45, 7) is 8.08. The Morgan fingerprint density at radius 2 is 1.93 bits per heavy atom. The van der Waals surface area contributed by atoms with Crippen LogP contribution in [0.2, 0.25) is 0 Å². The molecule has 0 radical (unpaired) electrons. The van der Waals surface area contributed by atoms with Crippen molar-refractivity contribution in [1.82, 2.24) is 0 Å². The van der Waals surface area contributed by atoms with E-state index in [4.69, 9.17) is 9.47 Å². The molecule has 1 saturated heterocycles. The number of hydrogen-bond acceptors (Lipinski definition) is 4. The van der Waals surface area contributed by atoms with Crippen LogP contribution in [0.5, 0.6) is 0 Å². The summed E-state index contributed by atoms with van der Waals surface area (Å²) in [6.07, 6.45) is 9.20. The Labute approximate surface area is 162 Å². The molecule has 4 aliphatic carbocycles. The number of fused-ring (bicyclic) bond motifs is 7. The molecule has 3 saturated carbocycles. The van der Waals surface area contributed by atoms with E-state index >= 15 is 0 Å². The normalized spacial score (nSPS) is 52.6. The zero-order chi connectivity index (χ0) is 19.1. The SMILES string of the molecule is CC(=O)OC1CC2=CC[C@H]3[C@@H]4CC[C@H](C(C)=O)[C@@]4(C)CC[C@@H]3[C@@]2(C)C2OC12. The Kier molecular flexibility index (Phi) is 3.77. The van der Waals surface area contributed by atoms with E-state index in [1.165, 1.54) is 25.3 Å². The number of hydrogen-bond donors (Lipinski definition) is 0. The van der Waals surface area contributed by atoms with Crippen molar-refractivity contribution in [3.05, 3.63) is 11.6 Å². The first-order valence-electron chi connectivity index (χ1n) is 10.8. The number of rotatable bonds is 2. The summed E-state index contributed by atoms with van der Waals surface area (Å²) in [5.74, 6) is 2.40. The number of allylic oxidation sites excluding steroid dienone is 1. The fraction of sp³-hybridized carbons (Fsp3) is 0.826. The highest BCUT2D eigenvalue weighted by Gasteiger charge is 2.68. The highest BCUT2D eigenvalue weighted by molar-refractivity contribution is 5.79. The summed E-state index contributed by atoms with van der Waals surface area (Å²) in [5.41, 5.74) is 1.73. The van der Waals surface area contributed by atoms with Gasteiger partial charge < -0.3 is 9.47 Å². The maximum atomic E-state index is 12.3. The van der Waals surface area contributed by atoms with Crippen LogP contribution in [0.3, 0.4) is 0 Å². The first kappa shape index (κ1) is 17.9. The largest absolute Gasteiger partial charge is 0.459 e. The second kappa shape index (κ2) is 5.68. The third-order valence-corrected chi connectivity index (χ3v) is 9.25. The molecule has 0 spiro atoms. The van der Waals surface area contributed by atoms with Gasteiger partial charge in [-0.1, -0.05) is 25.5 Å². The van der Waals surface area contributed by atoms with Crippen molar-refractivity contribution in [1.29, 1.82) is 0 Å². The van der Waals surface area contributed by atoms with Gasteiger partial charge in [0.1, 0.15) is 18.0 Å². The minimum absolute atomic E-state index is 0.0802. The van der Waals surface area contributed by atoms with Gasteiger partial charge >= 0.3 is 5.97 Å². The number of carbonyl (C=O) groups is 2. The Morgan fingerprint density at radius 1 is 1.15 bits per heavy atom. The van der Waals surface area contributed by atoms with Crippen LogP contribution in [0.4, 0.5) is 0 Å². The van der Waals surface area contributed by atoms with E-state index < -0.39 is 0 Å². The van der Waals surface area contributed by atoms with E-state index in [1.807, 2.05) is 0 Å². The summed E-state index contributed by atoms with van der Waals surface area (Å²) in [7, 11) is 0. The van der Waals surface area contributed by atoms with Gasteiger partial charge in [0.15, 0.2) is 0 Å². The molecule has 0 amide bonds. The molecule has 5 rings (SSSR count). The summed E-state index contributed by atoms with van der Waals surface area (Å²) in [5, 5.41) is 0. The number of esters is 1. The van der Waals surface area contributed by atoms with Gasteiger partial charge in [0.25, 0.3) is 0 Å². The molecule has 0 aromatic rings. The quantitative estimate of drug-likeness (QED) is 0.416. The lowest BCUT2D eigenvalue weighted by Gasteiger charge is -2.57. The molecular weight excluding hydrogens is 340 g/mol. The third-order valence-electron chi connectivity index (χ3n) is 9.25. The number of ether oxygens (including phenoxy) is 2. The second-order valence-electron chi connectivity index (χ2n) is 10.3. The molecule has 4 nitrogen and oxygen atoms in total. The van der Waals surface area contributed by atoms with Crippen LogP contribution >= 0.6 is 0 Å². The van der Waals surface area contributed by atoms with Gasteiger partial charge in [-0.15, -0.1) is 0 Å². The van der Waals surface area contributed by atoms with Crippen LogP contribution in [-0.4, -0.2) is 30.1 Å². The Bertz CT molecular complexity index is 726. The average Bonchev–Trinajstić information content (AvgIpc) is 3.32. The predicted octanol–water partition coefficient (Wildman–Crippen LogP) is 4.07. The standard InChI is InChI=1S/C23H32O4/c1-12(24)16-7-8-17-15-6-5-14-11-19(26-13(2)25)20-21(27-20)23(14,4)18(15)9-10-22(16,17)3/h5,15-21H,6-11H2,1-4H3/t15-,16+,17-,18-,19?,20?,21?,22+,23-/m0/s1. The molecule has 4 fully saturated rings. The summed E-state index contributed by atoms with van der Waals surface area (Å²) < 4.78 is 11.7. The van der Waals surface area contributed by atoms with E-state index in [1.54, 1.807) is 6.92 Å². The molecule has 3 unspecified atom stereocenters. The molecule has 1 aliphatic heterocycles. The fourth-order valence-corrected chi connectivity index (χ4v) is 8.01. The number of ketones is 1. The number of carbonyl (C=O) groups excluding carboxylic acids is 2. The molecular formula is C23H32O4. The highest BCUT2D eigenvalue weighted by Crippen LogP contribution is 2.68. The summed E-state index contributed by atoms with van der Waals surface area (Å²) >= 11 is 0. The topological polar surface area (TPSA) is 55.9 Å². The van der Waals surface area contributed by atoms with Crippen LogP contribution in [0, 0.1) is 34.5 Å². The molecule has 9 atom stereocenters. The molecule has 4 heteroatoms. The zero-order valence-corrected chi connectivity index (χ0v) is 17.0. The lowest BCUT2D eigenvalue weighted by atomic mass is 9.47. The highest BCUT2D eigenvalue weighted by atomic mass is 16.6. The molecule has 0 aromatic heterocycles. The van der Waals surface area contributed by atoms with Crippen molar-refractivity contribution in [2.75, 3.05) is 0 Å². The van der Waals surface area contributed by atoms with Gasteiger partial charge in [-0.25, -0.2) is 0 Å². The Hall–Kier alpha value is -1.16. The van der Waals surface area contributed by atoms with Crippen molar-refractivity contribution < 1.29 is 19.1 Å². The van der Waals surface area contributed by atoms with Crippen LogP contribution < -0.4 is 0 Å². The average molecular weight is 373 g/mol. The van der Waals surface area contributed by atoms with Crippen LogP contribution in [-0.2, 0) is 19.1 Å². The Balaban J connectivity index is 1.45.